The molecular formula is C25H35FN2O2. The summed E-state index contributed by atoms with van der Waals surface area (Å²) in [4.78, 5) is 13.9. The van der Waals surface area contributed by atoms with Crippen molar-refractivity contribution in [3.05, 3.63) is 65.5 Å². The number of anilines is 1. The fourth-order valence-electron chi connectivity index (χ4n) is 4.00. The smallest absolute Gasteiger partial charge is 0.257 e. The third-order valence-corrected chi connectivity index (χ3v) is 5.58. The van der Waals surface area contributed by atoms with Gasteiger partial charge < -0.3 is 15.3 Å². The predicted molar refractivity (Wildman–Crippen MR) is 121 cm³/mol. The first-order chi connectivity index (χ1) is 14.6. The lowest BCUT2D eigenvalue weighted by atomic mass is 10.0. The lowest BCUT2D eigenvalue weighted by Gasteiger charge is -2.27. The maximum absolute atomic E-state index is 13.6. The molecule has 4 rings (SSSR count). The van der Waals surface area contributed by atoms with E-state index in [-0.39, 0.29) is 11.5 Å². The zero-order valence-electron chi connectivity index (χ0n) is 18.2. The zero-order valence-corrected chi connectivity index (χ0v) is 18.2. The first-order valence-electron chi connectivity index (χ1n) is 11.0. The van der Waals surface area contributed by atoms with E-state index in [1.54, 1.807) is 24.0 Å². The quantitative estimate of drug-likeness (QED) is 0.706. The summed E-state index contributed by atoms with van der Waals surface area (Å²) in [5.41, 5.74) is 2.23. The standard InChI is InChI=1S/C13H16FNO.C11H15N.CH4O/c1-10-6-5-7-11(14)12(10)13(16)15-8-3-2-4-9-15;1-2-6-10(7-3-1)12-11-8-4-5-9-11;1-2/h5-7H,2-4,8-9H2,1H3;1-3,6-7,11-12H,4-5,8-9H2;2H,1H3. The number of carbonyl (C=O) groups excluding carboxylic acids is 1. The van der Waals surface area contributed by atoms with Gasteiger partial charge in [0.15, 0.2) is 0 Å². The normalized spacial score (nSPS) is 16.1. The van der Waals surface area contributed by atoms with E-state index < -0.39 is 5.82 Å². The van der Waals surface area contributed by atoms with Crippen LogP contribution in [0.25, 0.3) is 0 Å². The van der Waals surface area contributed by atoms with Gasteiger partial charge in [-0.15, -0.1) is 0 Å². The van der Waals surface area contributed by atoms with Crippen LogP contribution in [0.1, 0.15) is 60.9 Å². The highest BCUT2D eigenvalue weighted by Gasteiger charge is 2.22. The van der Waals surface area contributed by atoms with Crippen molar-refractivity contribution in [2.45, 2.75) is 57.9 Å². The van der Waals surface area contributed by atoms with Crippen LogP contribution in [0.15, 0.2) is 48.5 Å². The van der Waals surface area contributed by atoms with Gasteiger partial charge in [-0.05, 0) is 62.8 Å². The Morgan fingerprint density at radius 2 is 1.57 bits per heavy atom. The van der Waals surface area contributed by atoms with E-state index in [1.807, 2.05) is 0 Å². The van der Waals surface area contributed by atoms with E-state index in [0.29, 0.717) is 0 Å². The minimum absolute atomic E-state index is 0.157. The van der Waals surface area contributed by atoms with Crippen molar-refractivity contribution in [1.82, 2.24) is 4.90 Å². The topological polar surface area (TPSA) is 52.6 Å². The summed E-state index contributed by atoms with van der Waals surface area (Å²) in [6.45, 7) is 3.29. The average molecular weight is 415 g/mol. The Labute approximate surface area is 180 Å². The van der Waals surface area contributed by atoms with E-state index in [4.69, 9.17) is 5.11 Å². The number of aliphatic hydroxyl groups is 1. The van der Waals surface area contributed by atoms with Crippen LogP contribution in [0.3, 0.4) is 0 Å². The third-order valence-electron chi connectivity index (χ3n) is 5.58. The van der Waals surface area contributed by atoms with Gasteiger partial charge in [-0.25, -0.2) is 4.39 Å². The Kier molecular flexibility index (Phi) is 10.4. The van der Waals surface area contributed by atoms with Crippen LogP contribution in [0, 0.1) is 12.7 Å². The second-order valence-corrected chi connectivity index (χ2v) is 7.78. The molecular weight excluding hydrogens is 379 g/mol. The molecule has 2 fully saturated rings. The minimum Gasteiger partial charge on any atom is -0.400 e. The Hall–Kier alpha value is -2.40. The van der Waals surface area contributed by atoms with Gasteiger partial charge in [0.1, 0.15) is 5.82 Å². The number of likely N-dealkylation sites (tertiary alicyclic amines) is 1. The molecule has 0 unspecified atom stereocenters. The second kappa shape index (κ2) is 13.0. The summed E-state index contributed by atoms with van der Waals surface area (Å²) in [5, 5.41) is 10.5. The van der Waals surface area contributed by atoms with Crippen molar-refractivity contribution in [2.24, 2.45) is 0 Å². The molecule has 1 saturated heterocycles. The third kappa shape index (κ3) is 7.13. The van der Waals surface area contributed by atoms with Crippen LogP contribution >= 0.6 is 0 Å². The summed E-state index contributed by atoms with van der Waals surface area (Å²) < 4.78 is 13.6. The molecule has 0 bridgehead atoms. The first kappa shape index (κ1) is 23.9. The lowest BCUT2D eigenvalue weighted by Crippen LogP contribution is -2.36. The van der Waals surface area contributed by atoms with Crippen LogP contribution < -0.4 is 5.32 Å². The van der Waals surface area contributed by atoms with E-state index in [0.717, 1.165) is 44.6 Å². The largest absolute Gasteiger partial charge is 0.400 e. The molecule has 4 nitrogen and oxygen atoms in total. The van der Waals surface area contributed by atoms with Gasteiger partial charge in [0.05, 0.1) is 5.56 Å². The molecule has 1 saturated carbocycles. The molecule has 164 valence electrons. The first-order valence-corrected chi connectivity index (χ1v) is 11.0. The van der Waals surface area contributed by atoms with Crippen molar-refractivity contribution < 1.29 is 14.3 Å². The molecule has 2 N–H and O–H groups in total. The Morgan fingerprint density at radius 3 is 2.17 bits per heavy atom. The van der Waals surface area contributed by atoms with Crippen molar-refractivity contribution in [3.8, 4) is 0 Å². The molecule has 2 aliphatic rings. The molecule has 1 heterocycles. The second-order valence-electron chi connectivity index (χ2n) is 7.78. The van der Waals surface area contributed by atoms with Gasteiger partial charge in [0, 0.05) is 31.9 Å². The molecule has 0 atom stereocenters. The number of amides is 1. The summed E-state index contributed by atoms with van der Waals surface area (Å²) in [6.07, 6.45) is 8.69. The number of hydrogen-bond acceptors (Lipinski definition) is 3. The van der Waals surface area contributed by atoms with Gasteiger partial charge in [0.2, 0.25) is 0 Å². The maximum Gasteiger partial charge on any atom is 0.257 e. The number of rotatable bonds is 3. The van der Waals surface area contributed by atoms with Crippen LogP contribution in [-0.4, -0.2) is 42.2 Å². The van der Waals surface area contributed by atoms with Crippen LogP contribution in [0.5, 0.6) is 0 Å². The fourth-order valence-corrected chi connectivity index (χ4v) is 4.00. The van der Waals surface area contributed by atoms with Gasteiger partial charge >= 0.3 is 0 Å². The van der Waals surface area contributed by atoms with E-state index in [2.05, 4.69) is 35.6 Å². The molecule has 0 aromatic heterocycles. The number of halogens is 1. The van der Waals surface area contributed by atoms with Crippen molar-refractivity contribution in [3.63, 3.8) is 0 Å². The molecule has 0 spiro atoms. The fraction of sp³-hybridized carbons (Fsp3) is 0.480. The highest BCUT2D eigenvalue weighted by Crippen LogP contribution is 2.22. The number of para-hydroxylation sites is 1. The average Bonchev–Trinajstić information content (AvgIpc) is 3.30. The Morgan fingerprint density at radius 1 is 0.933 bits per heavy atom. The van der Waals surface area contributed by atoms with Crippen molar-refractivity contribution in [2.75, 3.05) is 25.5 Å². The number of nitrogens with zero attached hydrogens (tertiary/aromatic N) is 1. The molecule has 1 aliphatic heterocycles. The van der Waals surface area contributed by atoms with Crippen molar-refractivity contribution >= 4 is 11.6 Å². The van der Waals surface area contributed by atoms with E-state index in [1.165, 1.54) is 43.9 Å². The van der Waals surface area contributed by atoms with Gasteiger partial charge in [0.25, 0.3) is 5.91 Å². The molecule has 1 amide bonds. The summed E-state index contributed by atoms with van der Waals surface area (Å²) in [7, 11) is 1.00. The Bertz CT molecular complexity index is 735. The summed E-state index contributed by atoms with van der Waals surface area (Å²) >= 11 is 0. The number of nitrogens with one attached hydrogen (secondary N) is 1. The minimum atomic E-state index is -0.407. The highest BCUT2D eigenvalue weighted by molar-refractivity contribution is 5.96. The molecule has 2 aromatic rings. The summed E-state index contributed by atoms with van der Waals surface area (Å²) in [5.74, 6) is -0.564. The molecule has 2 aromatic carbocycles. The number of carbonyl (C=O) groups is 1. The number of aliphatic hydroxyl groups excluding tert-OH is 1. The van der Waals surface area contributed by atoms with Crippen molar-refractivity contribution in [1.29, 1.82) is 0 Å². The van der Waals surface area contributed by atoms with E-state index in [9.17, 15) is 9.18 Å². The van der Waals surface area contributed by atoms with Gasteiger partial charge in [-0.1, -0.05) is 43.2 Å². The predicted octanol–water partition coefficient (Wildman–Crippen LogP) is 5.41. The van der Waals surface area contributed by atoms with Crippen LogP contribution in [0.2, 0.25) is 0 Å². The number of hydrogen-bond donors (Lipinski definition) is 2. The maximum atomic E-state index is 13.6. The van der Waals surface area contributed by atoms with Crippen LogP contribution in [0.4, 0.5) is 10.1 Å². The summed E-state index contributed by atoms with van der Waals surface area (Å²) in [6, 6.07) is 16.0. The number of piperidine rings is 1. The highest BCUT2D eigenvalue weighted by atomic mass is 19.1. The molecule has 0 radical (unpaired) electrons. The Balaban J connectivity index is 0.000000204. The van der Waals surface area contributed by atoms with Gasteiger partial charge in [-0.3, -0.25) is 4.79 Å². The lowest BCUT2D eigenvalue weighted by molar-refractivity contribution is 0.0719. The zero-order chi connectivity index (χ0) is 21.8. The molecule has 30 heavy (non-hydrogen) atoms. The number of benzene rings is 2. The molecule has 1 aliphatic carbocycles. The SMILES string of the molecule is CO.Cc1cccc(F)c1C(=O)N1CCCCC1.c1ccc(NC2CCCC2)cc1. The monoisotopic (exact) mass is 414 g/mol. The number of aryl methyl sites for hydroxylation is 1. The van der Waals surface area contributed by atoms with E-state index >= 15 is 0 Å². The molecule has 5 heteroatoms. The van der Waals surface area contributed by atoms with Gasteiger partial charge in [-0.2, -0.15) is 0 Å². The van der Waals surface area contributed by atoms with Crippen LogP contribution in [-0.2, 0) is 0 Å².